The van der Waals surface area contributed by atoms with Gasteiger partial charge in [0.2, 0.25) is 10.0 Å². The first-order valence-electron chi connectivity index (χ1n) is 7.18. The van der Waals surface area contributed by atoms with Crippen LogP contribution in [-0.2, 0) is 10.0 Å². The minimum absolute atomic E-state index is 0.0206. The van der Waals surface area contributed by atoms with Crippen molar-refractivity contribution in [3.8, 4) is 0 Å². The number of piperazine rings is 1. The van der Waals surface area contributed by atoms with Gasteiger partial charge in [-0.1, -0.05) is 6.07 Å². The Kier molecular flexibility index (Phi) is 5.69. The van der Waals surface area contributed by atoms with E-state index >= 15 is 0 Å². The third-order valence-corrected chi connectivity index (χ3v) is 5.07. The van der Waals surface area contributed by atoms with Crippen LogP contribution < -0.4 is 10.0 Å². The van der Waals surface area contributed by atoms with Crippen molar-refractivity contribution in [1.82, 2.24) is 14.9 Å². The predicted molar refractivity (Wildman–Crippen MR) is 80.3 cm³/mol. The molecule has 1 aromatic rings. The lowest BCUT2D eigenvalue weighted by Crippen LogP contribution is -2.44. The molecule has 2 rings (SSSR count). The molecular formula is C14H22FN3O2S. The minimum atomic E-state index is -3.62. The quantitative estimate of drug-likeness (QED) is 0.759. The Bertz CT molecular complexity index is 572. The Hall–Kier alpha value is -1.02. The second-order valence-corrected chi connectivity index (χ2v) is 7.02. The fourth-order valence-corrected chi connectivity index (χ4v) is 3.35. The van der Waals surface area contributed by atoms with Gasteiger partial charge in [-0.25, -0.2) is 17.5 Å². The van der Waals surface area contributed by atoms with Crippen LogP contribution in [0.15, 0.2) is 23.1 Å². The standard InChI is InChI=1S/C14H22FN3O2S/c1-12-3-4-13(11-14(12)15)21(19,20)17-5-2-8-18-9-6-16-7-10-18/h3-4,11,16-17H,2,5-10H2,1H3. The summed E-state index contributed by atoms with van der Waals surface area (Å²) in [5.41, 5.74) is 0.438. The molecule has 1 aliphatic heterocycles. The zero-order chi connectivity index (χ0) is 15.3. The van der Waals surface area contributed by atoms with Crippen molar-refractivity contribution in [2.24, 2.45) is 0 Å². The molecule has 1 saturated heterocycles. The molecule has 0 amide bonds. The highest BCUT2D eigenvalue weighted by molar-refractivity contribution is 7.89. The molecule has 1 aliphatic rings. The molecule has 0 atom stereocenters. The maximum Gasteiger partial charge on any atom is 0.240 e. The highest BCUT2D eigenvalue weighted by atomic mass is 32.2. The topological polar surface area (TPSA) is 61.4 Å². The van der Waals surface area contributed by atoms with Crippen molar-refractivity contribution in [3.63, 3.8) is 0 Å². The normalized spacial score (nSPS) is 17.0. The summed E-state index contributed by atoms with van der Waals surface area (Å²) in [4.78, 5) is 2.28. The third kappa shape index (κ3) is 4.74. The van der Waals surface area contributed by atoms with E-state index in [4.69, 9.17) is 0 Å². The Morgan fingerprint density at radius 1 is 1.33 bits per heavy atom. The zero-order valence-corrected chi connectivity index (χ0v) is 13.0. The second kappa shape index (κ2) is 7.31. The van der Waals surface area contributed by atoms with Crippen LogP contribution in [0.2, 0.25) is 0 Å². The van der Waals surface area contributed by atoms with Gasteiger partial charge < -0.3 is 10.2 Å². The van der Waals surface area contributed by atoms with Crippen LogP contribution in [0.3, 0.4) is 0 Å². The molecule has 1 heterocycles. The lowest BCUT2D eigenvalue weighted by molar-refractivity contribution is 0.239. The van der Waals surface area contributed by atoms with Gasteiger partial charge >= 0.3 is 0 Å². The second-order valence-electron chi connectivity index (χ2n) is 5.25. The third-order valence-electron chi connectivity index (χ3n) is 3.61. The predicted octanol–water partition coefficient (Wildman–Crippen LogP) is 0.708. The summed E-state index contributed by atoms with van der Waals surface area (Å²) < 4.78 is 40.1. The van der Waals surface area contributed by atoms with E-state index in [0.717, 1.165) is 45.2 Å². The summed E-state index contributed by atoms with van der Waals surface area (Å²) in [7, 11) is -3.62. The molecule has 0 spiro atoms. The first-order valence-corrected chi connectivity index (χ1v) is 8.66. The molecule has 5 nitrogen and oxygen atoms in total. The van der Waals surface area contributed by atoms with Gasteiger partial charge in [0, 0.05) is 32.7 Å². The summed E-state index contributed by atoms with van der Waals surface area (Å²) >= 11 is 0. The van der Waals surface area contributed by atoms with E-state index in [2.05, 4.69) is 14.9 Å². The Balaban J connectivity index is 1.82. The van der Waals surface area contributed by atoms with Gasteiger partial charge in [0.1, 0.15) is 5.82 Å². The maximum absolute atomic E-state index is 13.4. The minimum Gasteiger partial charge on any atom is -0.314 e. The van der Waals surface area contributed by atoms with Crippen molar-refractivity contribution in [2.45, 2.75) is 18.2 Å². The van der Waals surface area contributed by atoms with Gasteiger partial charge in [0.15, 0.2) is 0 Å². The fourth-order valence-electron chi connectivity index (χ4n) is 2.27. The summed E-state index contributed by atoms with van der Waals surface area (Å²) in [5.74, 6) is -0.501. The Morgan fingerprint density at radius 3 is 2.71 bits per heavy atom. The Morgan fingerprint density at radius 2 is 2.05 bits per heavy atom. The monoisotopic (exact) mass is 315 g/mol. The number of hydrogen-bond acceptors (Lipinski definition) is 4. The van der Waals surface area contributed by atoms with E-state index in [1.165, 1.54) is 12.1 Å². The van der Waals surface area contributed by atoms with Gasteiger partial charge in [-0.2, -0.15) is 0 Å². The molecule has 0 bridgehead atoms. The highest BCUT2D eigenvalue weighted by Gasteiger charge is 2.15. The number of hydrogen-bond donors (Lipinski definition) is 2. The molecule has 0 aromatic heterocycles. The maximum atomic E-state index is 13.4. The van der Waals surface area contributed by atoms with Gasteiger partial charge in [0.25, 0.3) is 0 Å². The van der Waals surface area contributed by atoms with Crippen LogP contribution in [0.1, 0.15) is 12.0 Å². The molecule has 0 aliphatic carbocycles. The number of sulfonamides is 1. The number of nitrogens with one attached hydrogen (secondary N) is 2. The van der Waals surface area contributed by atoms with Crippen LogP contribution in [0.5, 0.6) is 0 Å². The van der Waals surface area contributed by atoms with Crippen molar-refractivity contribution in [1.29, 1.82) is 0 Å². The van der Waals surface area contributed by atoms with E-state index < -0.39 is 15.8 Å². The fraction of sp³-hybridized carbons (Fsp3) is 0.571. The average molecular weight is 315 g/mol. The number of benzene rings is 1. The van der Waals surface area contributed by atoms with Gasteiger partial charge in [-0.3, -0.25) is 0 Å². The van der Waals surface area contributed by atoms with Crippen LogP contribution in [0.25, 0.3) is 0 Å². The van der Waals surface area contributed by atoms with E-state index in [9.17, 15) is 12.8 Å². The van der Waals surface area contributed by atoms with Crippen LogP contribution in [0, 0.1) is 12.7 Å². The molecule has 1 fully saturated rings. The Labute approximate surface area is 125 Å². The molecule has 118 valence electrons. The summed E-state index contributed by atoms with van der Waals surface area (Å²) in [6.45, 7) is 6.79. The summed E-state index contributed by atoms with van der Waals surface area (Å²) in [6.07, 6.45) is 0.744. The largest absolute Gasteiger partial charge is 0.314 e. The van der Waals surface area contributed by atoms with E-state index in [-0.39, 0.29) is 4.90 Å². The van der Waals surface area contributed by atoms with Crippen molar-refractivity contribution < 1.29 is 12.8 Å². The first-order chi connectivity index (χ1) is 9.99. The number of nitrogens with zero attached hydrogens (tertiary/aromatic N) is 1. The zero-order valence-electron chi connectivity index (χ0n) is 12.2. The average Bonchev–Trinajstić information content (AvgIpc) is 2.47. The van der Waals surface area contributed by atoms with E-state index in [1.807, 2.05) is 0 Å². The first kappa shape index (κ1) is 16.4. The highest BCUT2D eigenvalue weighted by Crippen LogP contribution is 2.13. The molecule has 0 saturated carbocycles. The van der Waals surface area contributed by atoms with E-state index in [1.54, 1.807) is 6.92 Å². The molecule has 1 aromatic carbocycles. The van der Waals surface area contributed by atoms with Crippen molar-refractivity contribution in [2.75, 3.05) is 39.3 Å². The molecule has 21 heavy (non-hydrogen) atoms. The van der Waals surface area contributed by atoms with Crippen molar-refractivity contribution in [3.05, 3.63) is 29.6 Å². The lowest BCUT2D eigenvalue weighted by Gasteiger charge is -2.27. The van der Waals surface area contributed by atoms with Gasteiger partial charge in [-0.05, 0) is 37.6 Å². The van der Waals surface area contributed by atoms with Crippen LogP contribution in [-0.4, -0.2) is 52.6 Å². The molecule has 0 radical (unpaired) electrons. The van der Waals surface area contributed by atoms with Crippen LogP contribution in [0.4, 0.5) is 4.39 Å². The SMILES string of the molecule is Cc1ccc(S(=O)(=O)NCCCN2CCNCC2)cc1F. The molecular weight excluding hydrogens is 293 g/mol. The smallest absolute Gasteiger partial charge is 0.240 e. The molecule has 7 heteroatoms. The van der Waals surface area contributed by atoms with Crippen molar-refractivity contribution >= 4 is 10.0 Å². The number of rotatable bonds is 6. The number of aryl methyl sites for hydroxylation is 1. The molecule has 0 unspecified atom stereocenters. The summed E-state index contributed by atoms with van der Waals surface area (Å²) in [5, 5.41) is 3.27. The summed E-state index contributed by atoms with van der Waals surface area (Å²) in [6, 6.07) is 3.97. The molecule has 2 N–H and O–H groups in total. The number of halogens is 1. The van der Waals surface area contributed by atoms with Gasteiger partial charge in [-0.15, -0.1) is 0 Å². The van der Waals surface area contributed by atoms with E-state index in [0.29, 0.717) is 12.1 Å². The van der Waals surface area contributed by atoms with Crippen LogP contribution >= 0.6 is 0 Å². The van der Waals surface area contributed by atoms with Gasteiger partial charge in [0.05, 0.1) is 4.90 Å². The lowest BCUT2D eigenvalue weighted by atomic mass is 10.2.